The highest BCUT2D eigenvalue weighted by molar-refractivity contribution is 8.24. The highest BCUT2D eigenvalue weighted by Crippen LogP contribution is 2.29. The zero-order valence-electron chi connectivity index (χ0n) is 8.23. The molecular formula is C9H14N2OS2. The van der Waals surface area contributed by atoms with Crippen molar-refractivity contribution in [3.05, 3.63) is 0 Å². The predicted octanol–water partition coefficient (Wildman–Crippen LogP) is 1.64. The van der Waals surface area contributed by atoms with Crippen molar-refractivity contribution in [2.75, 3.05) is 13.1 Å². The molecule has 2 aliphatic heterocycles. The van der Waals surface area contributed by atoms with Gasteiger partial charge in [-0.25, -0.2) is 10.0 Å². The van der Waals surface area contributed by atoms with Gasteiger partial charge >= 0.3 is 0 Å². The Morgan fingerprint density at radius 3 is 2.50 bits per heavy atom. The molecule has 0 N–H and O–H groups in total. The maximum absolute atomic E-state index is 11.8. The van der Waals surface area contributed by atoms with Crippen molar-refractivity contribution in [3.63, 3.8) is 0 Å². The van der Waals surface area contributed by atoms with Gasteiger partial charge in [0.1, 0.15) is 0 Å². The molecule has 0 bridgehead atoms. The van der Waals surface area contributed by atoms with E-state index in [0.717, 1.165) is 17.4 Å². The Bertz CT molecular complexity index is 264. The van der Waals surface area contributed by atoms with E-state index >= 15 is 0 Å². The third-order valence-electron chi connectivity index (χ3n) is 2.62. The summed E-state index contributed by atoms with van der Waals surface area (Å²) in [4.78, 5) is 11.8. The Kier molecular flexibility index (Phi) is 3.09. The molecule has 2 saturated heterocycles. The maximum Gasteiger partial charge on any atom is 0.256 e. The first kappa shape index (κ1) is 10.4. The zero-order chi connectivity index (χ0) is 10.1. The van der Waals surface area contributed by atoms with Crippen LogP contribution in [0.5, 0.6) is 0 Å². The maximum atomic E-state index is 11.8. The van der Waals surface area contributed by atoms with Gasteiger partial charge in [-0.15, -0.1) is 0 Å². The average molecular weight is 230 g/mol. The third-order valence-corrected chi connectivity index (χ3v) is 4.01. The number of hydrazine groups is 1. The summed E-state index contributed by atoms with van der Waals surface area (Å²) in [5.74, 6) is 0.155. The lowest BCUT2D eigenvalue weighted by atomic mass is 10.2. The van der Waals surface area contributed by atoms with E-state index in [4.69, 9.17) is 12.2 Å². The van der Waals surface area contributed by atoms with E-state index in [-0.39, 0.29) is 11.2 Å². The Hall–Kier alpha value is -0.130. The van der Waals surface area contributed by atoms with Gasteiger partial charge in [0, 0.05) is 13.1 Å². The number of rotatable bonds is 1. The SMILES string of the molecule is CC1SC(=S)N(N2CCCCC2)C1=O. The number of hydrogen-bond acceptors (Lipinski definition) is 4. The number of carbonyl (C=O) groups is 1. The summed E-state index contributed by atoms with van der Waals surface area (Å²) < 4.78 is 0.726. The first-order chi connectivity index (χ1) is 6.70. The molecule has 14 heavy (non-hydrogen) atoms. The normalized spacial score (nSPS) is 30.1. The van der Waals surface area contributed by atoms with Gasteiger partial charge in [-0.3, -0.25) is 4.79 Å². The van der Waals surface area contributed by atoms with Crippen molar-refractivity contribution in [2.24, 2.45) is 0 Å². The fraction of sp³-hybridized carbons (Fsp3) is 0.778. The predicted molar refractivity (Wildman–Crippen MR) is 61.9 cm³/mol. The van der Waals surface area contributed by atoms with Crippen LogP contribution in [0.3, 0.4) is 0 Å². The summed E-state index contributed by atoms with van der Waals surface area (Å²) in [6, 6.07) is 0. The van der Waals surface area contributed by atoms with Crippen LogP contribution in [-0.4, -0.2) is 38.6 Å². The van der Waals surface area contributed by atoms with Crippen LogP contribution < -0.4 is 0 Å². The standard InChI is InChI=1S/C9H14N2OS2/c1-7-8(12)11(9(13)14-7)10-5-3-2-4-6-10/h7H,2-6H2,1H3. The van der Waals surface area contributed by atoms with E-state index in [2.05, 4.69) is 5.01 Å². The highest BCUT2D eigenvalue weighted by atomic mass is 32.2. The van der Waals surface area contributed by atoms with Crippen LogP contribution in [0.15, 0.2) is 0 Å². The van der Waals surface area contributed by atoms with Crippen molar-refractivity contribution in [3.8, 4) is 0 Å². The van der Waals surface area contributed by atoms with Crippen molar-refractivity contribution in [1.82, 2.24) is 10.0 Å². The van der Waals surface area contributed by atoms with Crippen molar-refractivity contribution in [1.29, 1.82) is 0 Å². The number of thiocarbonyl (C=S) groups is 1. The monoisotopic (exact) mass is 230 g/mol. The number of carbonyl (C=O) groups excluding carboxylic acids is 1. The van der Waals surface area contributed by atoms with Crippen LogP contribution in [0.2, 0.25) is 0 Å². The summed E-state index contributed by atoms with van der Waals surface area (Å²) >= 11 is 6.70. The number of amides is 1. The fourth-order valence-electron chi connectivity index (χ4n) is 1.85. The second-order valence-electron chi connectivity index (χ2n) is 3.69. The molecule has 2 aliphatic rings. The molecule has 0 spiro atoms. The summed E-state index contributed by atoms with van der Waals surface area (Å²) in [6.07, 6.45) is 3.62. The Morgan fingerprint density at radius 2 is 2.00 bits per heavy atom. The number of thioether (sulfide) groups is 1. The summed E-state index contributed by atoms with van der Waals surface area (Å²) in [6.45, 7) is 3.86. The van der Waals surface area contributed by atoms with Gasteiger partial charge in [0.15, 0.2) is 4.32 Å². The van der Waals surface area contributed by atoms with Crippen molar-refractivity contribution >= 4 is 34.2 Å². The third kappa shape index (κ3) is 1.81. The highest BCUT2D eigenvalue weighted by Gasteiger charge is 2.37. The molecule has 0 aliphatic carbocycles. The second-order valence-corrected chi connectivity index (χ2v) is 5.66. The molecule has 78 valence electrons. The topological polar surface area (TPSA) is 23.6 Å². The molecule has 1 unspecified atom stereocenters. The zero-order valence-corrected chi connectivity index (χ0v) is 9.87. The molecule has 0 aromatic rings. The van der Waals surface area contributed by atoms with Gasteiger partial charge in [0.05, 0.1) is 5.25 Å². The largest absolute Gasteiger partial charge is 0.272 e. The minimum atomic E-state index is 0.00410. The van der Waals surface area contributed by atoms with Gasteiger partial charge in [-0.1, -0.05) is 30.4 Å². The number of nitrogens with zero attached hydrogens (tertiary/aromatic N) is 2. The van der Waals surface area contributed by atoms with E-state index in [1.54, 1.807) is 5.01 Å². The Morgan fingerprint density at radius 1 is 1.36 bits per heavy atom. The molecule has 0 radical (unpaired) electrons. The van der Waals surface area contributed by atoms with Gasteiger partial charge in [0.2, 0.25) is 0 Å². The van der Waals surface area contributed by atoms with Gasteiger partial charge < -0.3 is 0 Å². The number of piperidine rings is 1. The van der Waals surface area contributed by atoms with Crippen molar-refractivity contribution < 1.29 is 4.79 Å². The smallest absolute Gasteiger partial charge is 0.256 e. The van der Waals surface area contributed by atoms with Crippen LogP contribution in [-0.2, 0) is 4.79 Å². The van der Waals surface area contributed by atoms with Crippen LogP contribution in [0, 0.1) is 0 Å². The molecule has 0 aromatic heterocycles. The second kappa shape index (κ2) is 4.16. The van der Waals surface area contributed by atoms with Gasteiger partial charge in [-0.2, -0.15) is 0 Å². The van der Waals surface area contributed by atoms with E-state index in [9.17, 15) is 4.79 Å². The molecule has 3 nitrogen and oxygen atoms in total. The molecule has 0 saturated carbocycles. The summed E-state index contributed by atoms with van der Waals surface area (Å²) in [7, 11) is 0. The molecular weight excluding hydrogens is 216 g/mol. The summed E-state index contributed by atoms with van der Waals surface area (Å²) in [5.41, 5.74) is 0. The van der Waals surface area contributed by atoms with Gasteiger partial charge in [-0.05, 0) is 19.8 Å². The molecule has 2 fully saturated rings. The number of hydrogen-bond donors (Lipinski definition) is 0. The average Bonchev–Trinajstić information content (AvgIpc) is 2.43. The minimum Gasteiger partial charge on any atom is -0.272 e. The Labute approximate surface area is 93.8 Å². The van der Waals surface area contributed by atoms with Gasteiger partial charge in [0.25, 0.3) is 5.91 Å². The Balaban J connectivity index is 2.08. The molecule has 5 heteroatoms. The lowest BCUT2D eigenvalue weighted by Crippen LogP contribution is -2.48. The summed E-state index contributed by atoms with van der Waals surface area (Å²) in [5, 5.41) is 3.82. The molecule has 0 aromatic carbocycles. The molecule has 2 heterocycles. The van der Waals surface area contributed by atoms with E-state index in [1.807, 2.05) is 6.92 Å². The minimum absolute atomic E-state index is 0.00410. The van der Waals surface area contributed by atoms with Crippen molar-refractivity contribution in [2.45, 2.75) is 31.4 Å². The lowest BCUT2D eigenvalue weighted by Gasteiger charge is -2.33. The van der Waals surface area contributed by atoms with E-state index in [0.29, 0.717) is 0 Å². The van der Waals surface area contributed by atoms with Crippen LogP contribution in [0.4, 0.5) is 0 Å². The lowest BCUT2D eigenvalue weighted by molar-refractivity contribution is -0.138. The molecule has 1 amide bonds. The molecule has 1 atom stereocenters. The quantitative estimate of drug-likeness (QED) is 0.639. The first-order valence-corrected chi connectivity index (χ1v) is 6.28. The van der Waals surface area contributed by atoms with E-state index in [1.165, 1.54) is 31.0 Å². The van der Waals surface area contributed by atoms with Crippen LogP contribution in [0.25, 0.3) is 0 Å². The van der Waals surface area contributed by atoms with E-state index < -0.39 is 0 Å². The fourth-order valence-corrected chi connectivity index (χ4v) is 3.29. The van der Waals surface area contributed by atoms with Crippen LogP contribution in [0.1, 0.15) is 26.2 Å². The molecule has 2 rings (SSSR count). The van der Waals surface area contributed by atoms with Crippen LogP contribution >= 0.6 is 24.0 Å². The first-order valence-electron chi connectivity index (χ1n) is 4.99.